The van der Waals surface area contributed by atoms with Crippen molar-refractivity contribution in [3.63, 3.8) is 0 Å². The summed E-state index contributed by atoms with van der Waals surface area (Å²) in [7, 11) is 0. The molecule has 4 heterocycles. The molecule has 3 aliphatic rings. The number of carbonyl (C=O) groups is 2. The van der Waals surface area contributed by atoms with Crippen molar-refractivity contribution < 1.29 is 14.3 Å². The van der Waals surface area contributed by atoms with Crippen molar-refractivity contribution in [1.82, 2.24) is 14.8 Å². The average molecular weight is 502 g/mol. The minimum atomic E-state index is -0.550. The Morgan fingerprint density at radius 2 is 1.94 bits per heavy atom. The molecule has 0 aliphatic carbocycles. The number of hydrogen-bond donors (Lipinski definition) is 1. The fourth-order valence-electron chi connectivity index (χ4n) is 4.95. The summed E-state index contributed by atoms with van der Waals surface area (Å²) in [5, 5.41) is 1.28. The smallest absolute Gasteiger partial charge is 0.259 e. The van der Waals surface area contributed by atoms with E-state index in [2.05, 4.69) is 11.1 Å². The van der Waals surface area contributed by atoms with Crippen LogP contribution in [0.3, 0.4) is 0 Å². The number of aliphatic imine (C=N–C) groups is 2. The van der Waals surface area contributed by atoms with Crippen LogP contribution in [0.25, 0.3) is 10.9 Å². The first-order chi connectivity index (χ1) is 17.6. The van der Waals surface area contributed by atoms with Gasteiger partial charge in [0.1, 0.15) is 11.9 Å². The summed E-state index contributed by atoms with van der Waals surface area (Å²) in [6, 6.07) is 15.3. The highest BCUT2D eigenvalue weighted by Crippen LogP contribution is 2.36. The molecule has 0 radical (unpaired) electrons. The van der Waals surface area contributed by atoms with Gasteiger partial charge < -0.3 is 14.6 Å². The number of aromatic nitrogens is 1. The van der Waals surface area contributed by atoms with Gasteiger partial charge in [-0.25, -0.2) is 9.89 Å². The predicted molar refractivity (Wildman–Crippen MR) is 142 cm³/mol. The zero-order valence-electron chi connectivity index (χ0n) is 20.0. The van der Waals surface area contributed by atoms with Gasteiger partial charge in [0.15, 0.2) is 5.17 Å². The Morgan fingerprint density at radius 1 is 1.17 bits per heavy atom. The zero-order valence-corrected chi connectivity index (χ0v) is 20.8. The molecule has 1 fully saturated rings. The van der Waals surface area contributed by atoms with Gasteiger partial charge in [-0.15, -0.1) is 0 Å². The molecule has 8 nitrogen and oxygen atoms in total. The predicted octanol–water partition coefficient (Wildman–Crippen LogP) is 3.74. The molecule has 36 heavy (non-hydrogen) atoms. The molecule has 184 valence electrons. The average Bonchev–Trinajstić information content (AvgIpc) is 3.48. The third-order valence-electron chi connectivity index (χ3n) is 6.85. The number of nitrogens with zero attached hydrogens (tertiary/aromatic N) is 4. The molecule has 1 saturated heterocycles. The lowest BCUT2D eigenvalue weighted by atomic mass is 10.1. The zero-order chi connectivity index (χ0) is 24.6. The number of fused-ring (bicyclic) bond motifs is 4. The maximum atomic E-state index is 13.8. The number of aromatic amines is 1. The molecule has 9 heteroatoms. The molecule has 3 aliphatic heterocycles. The second-order valence-corrected chi connectivity index (χ2v) is 10.2. The lowest BCUT2D eigenvalue weighted by Crippen LogP contribution is -2.46. The lowest BCUT2D eigenvalue weighted by molar-refractivity contribution is -0.134. The van der Waals surface area contributed by atoms with Gasteiger partial charge in [0.2, 0.25) is 5.91 Å². The summed E-state index contributed by atoms with van der Waals surface area (Å²) in [5.41, 5.74) is 3.70. The lowest BCUT2D eigenvalue weighted by Gasteiger charge is -2.31. The molecule has 0 unspecified atom stereocenters. The molecule has 3 aromatic rings. The Labute approximate surface area is 213 Å². The van der Waals surface area contributed by atoms with Gasteiger partial charge in [0, 0.05) is 42.2 Å². The highest BCUT2D eigenvalue weighted by Gasteiger charge is 2.43. The molecule has 1 N–H and O–H groups in total. The second-order valence-electron chi connectivity index (χ2n) is 9.07. The van der Waals surface area contributed by atoms with E-state index in [-0.39, 0.29) is 17.1 Å². The monoisotopic (exact) mass is 501 g/mol. The number of benzene rings is 2. The van der Waals surface area contributed by atoms with Gasteiger partial charge in [-0.3, -0.25) is 14.6 Å². The highest BCUT2D eigenvalue weighted by atomic mass is 32.2. The first-order valence-corrected chi connectivity index (χ1v) is 13.2. The van der Waals surface area contributed by atoms with E-state index in [9.17, 15) is 9.59 Å². The van der Waals surface area contributed by atoms with E-state index in [1.165, 1.54) is 11.8 Å². The van der Waals surface area contributed by atoms with E-state index in [0.717, 1.165) is 27.7 Å². The number of morpholine rings is 1. The van der Waals surface area contributed by atoms with Crippen LogP contribution in [0.1, 0.15) is 24.5 Å². The van der Waals surface area contributed by atoms with Crippen LogP contribution in [0.15, 0.2) is 64.7 Å². The molecule has 0 saturated carbocycles. The summed E-state index contributed by atoms with van der Waals surface area (Å²) in [5.74, 6) is 0.573. The van der Waals surface area contributed by atoms with E-state index in [4.69, 9.17) is 14.7 Å². The largest absolute Gasteiger partial charge is 0.378 e. The van der Waals surface area contributed by atoms with Crippen molar-refractivity contribution in [2.75, 3.05) is 26.3 Å². The number of nitrogens with one attached hydrogen (secondary N) is 1. The molecule has 0 bridgehead atoms. The van der Waals surface area contributed by atoms with Gasteiger partial charge in [0.05, 0.1) is 24.2 Å². The van der Waals surface area contributed by atoms with Crippen LogP contribution < -0.4 is 0 Å². The maximum Gasteiger partial charge on any atom is 0.259 e. The third kappa shape index (κ3) is 4.02. The summed E-state index contributed by atoms with van der Waals surface area (Å²) in [4.78, 5) is 43.5. The van der Waals surface area contributed by atoms with Gasteiger partial charge in [-0.05, 0) is 30.2 Å². The first-order valence-electron chi connectivity index (χ1n) is 12.3. The standard InChI is InChI=1S/C27H27N5O3S/c1-2-23(26(34)31-11-13-35-14-12-31)36-27-30-21-10-6-4-8-19(21)24-29-22(25(33)32(24)27)15-17-16-28-20-9-5-3-7-18(17)20/h3-10,16,22-23,28H,2,11-15H2,1H3/t22-,23+/m0/s1. The normalized spacial score (nSPS) is 20.1. The Bertz CT molecular complexity index is 1390. The van der Waals surface area contributed by atoms with Crippen LogP contribution in [0.2, 0.25) is 0 Å². The van der Waals surface area contributed by atoms with Crippen LogP contribution in [0.5, 0.6) is 0 Å². The van der Waals surface area contributed by atoms with Crippen LogP contribution in [0, 0.1) is 0 Å². The van der Waals surface area contributed by atoms with E-state index >= 15 is 0 Å². The Kier molecular flexibility index (Phi) is 6.10. The molecule has 2 aromatic carbocycles. The summed E-state index contributed by atoms with van der Waals surface area (Å²) in [6.07, 6.45) is 3.09. The van der Waals surface area contributed by atoms with Gasteiger partial charge in [-0.2, -0.15) is 0 Å². The summed E-state index contributed by atoms with van der Waals surface area (Å²) >= 11 is 1.36. The van der Waals surface area contributed by atoms with E-state index in [0.29, 0.717) is 50.1 Å². The molecule has 2 atom stereocenters. The molecule has 0 spiro atoms. The van der Waals surface area contributed by atoms with Gasteiger partial charge >= 0.3 is 0 Å². The van der Waals surface area contributed by atoms with Crippen molar-refractivity contribution in [3.05, 3.63) is 65.9 Å². The van der Waals surface area contributed by atoms with Crippen molar-refractivity contribution in [1.29, 1.82) is 0 Å². The Balaban J connectivity index is 1.31. The van der Waals surface area contributed by atoms with Crippen molar-refractivity contribution in [3.8, 4) is 0 Å². The highest BCUT2D eigenvalue weighted by molar-refractivity contribution is 8.15. The van der Waals surface area contributed by atoms with Crippen LogP contribution >= 0.6 is 11.8 Å². The quantitative estimate of drug-likeness (QED) is 0.577. The minimum Gasteiger partial charge on any atom is -0.378 e. The molecule has 1 aromatic heterocycles. The van der Waals surface area contributed by atoms with E-state index in [1.807, 2.05) is 60.5 Å². The number of thioether (sulfide) groups is 1. The Morgan fingerprint density at radius 3 is 2.78 bits per heavy atom. The summed E-state index contributed by atoms with van der Waals surface area (Å²) < 4.78 is 5.41. The third-order valence-corrected chi connectivity index (χ3v) is 8.16. The minimum absolute atomic E-state index is 0.0628. The number of ether oxygens (including phenoxy) is 1. The second kappa shape index (κ2) is 9.55. The number of rotatable bonds is 5. The Hall–Kier alpha value is -3.43. The van der Waals surface area contributed by atoms with E-state index < -0.39 is 6.04 Å². The van der Waals surface area contributed by atoms with Gasteiger partial charge in [0.25, 0.3) is 5.91 Å². The fourth-order valence-corrected chi connectivity index (χ4v) is 6.05. The fraction of sp³-hybridized carbons (Fsp3) is 0.333. The molecular formula is C27H27N5O3S. The number of para-hydroxylation sites is 2. The molecule has 2 amide bonds. The van der Waals surface area contributed by atoms with Crippen LogP contribution in [0.4, 0.5) is 5.69 Å². The number of amidine groups is 2. The maximum absolute atomic E-state index is 13.8. The number of H-pyrrole nitrogens is 1. The van der Waals surface area contributed by atoms with E-state index in [1.54, 1.807) is 4.90 Å². The number of carbonyl (C=O) groups excluding carboxylic acids is 2. The molecule has 6 rings (SSSR count). The topological polar surface area (TPSA) is 90.4 Å². The van der Waals surface area contributed by atoms with Gasteiger partial charge in [-0.1, -0.05) is 49.0 Å². The number of hydrogen-bond acceptors (Lipinski definition) is 6. The number of amides is 2. The van der Waals surface area contributed by atoms with Crippen molar-refractivity contribution in [2.24, 2.45) is 9.98 Å². The van der Waals surface area contributed by atoms with Crippen LogP contribution in [-0.4, -0.2) is 75.2 Å². The SMILES string of the molecule is CC[C@@H](SC1=Nc2ccccc2C2=N[C@@H](Cc3c[nH]c4ccccc34)C(=O)N12)C(=O)N1CCOCC1. The van der Waals surface area contributed by atoms with Crippen LogP contribution in [-0.2, 0) is 20.7 Å². The summed E-state index contributed by atoms with van der Waals surface area (Å²) in [6.45, 7) is 4.28. The van der Waals surface area contributed by atoms with Crippen molar-refractivity contribution >= 4 is 51.2 Å². The first kappa shape index (κ1) is 23.0. The van der Waals surface area contributed by atoms with Crippen molar-refractivity contribution in [2.45, 2.75) is 31.1 Å². The molecular weight excluding hydrogens is 474 g/mol.